The van der Waals surface area contributed by atoms with Crippen LogP contribution in [0, 0.1) is 0 Å². The molecule has 0 bridgehead atoms. The van der Waals surface area contributed by atoms with Crippen LogP contribution >= 0.6 is 11.6 Å². The Balaban J connectivity index is 1.96. The molecule has 1 atom stereocenters. The molecule has 20 heavy (non-hydrogen) atoms. The zero-order chi connectivity index (χ0) is 13.9. The Kier molecular flexibility index (Phi) is 3.70. The number of allylic oxidation sites excluding steroid dienone is 1. The third-order valence-corrected chi connectivity index (χ3v) is 4.00. The van der Waals surface area contributed by atoms with E-state index in [4.69, 9.17) is 11.6 Å². The number of carbonyl (C=O) groups excluding carboxylic acids is 1. The maximum atomic E-state index is 12.1. The van der Waals surface area contributed by atoms with Crippen molar-refractivity contribution in [2.45, 2.75) is 18.8 Å². The van der Waals surface area contributed by atoms with Gasteiger partial charge in [0, 0.05) is 22.9 Å². The summed E-state index contributed by atoms with van der Waals surface area (Å²) in [5.74, 6) is 0.480. The Bertz CT molecular complexity index is 641. The fourth-order valence-electron chi connectivity index (χ4n) is 2.72. The molecule has 0 heterocycles. The van der Waals surface area contributed by atoms with E-state index >= 15 is 0 Å². The zero-order valence-corrected chi connectivity index (χ0v) is 11.8. The Morgan fingerprint density at radius 2 is 1.70 bits per heavy atom. The van der Waals surface area contributed by atoms with Gasteiger partial charge in [-0.05, 0) is 35.8 Å². The third kappa shape index (κ3) is 2.68. The largest absolute Gasteiger partial charge is 0.295 e. The first-order valence-corrected chi connectivity index (χ1v) is 7.17. The second kappa shape index (κ2) is 5.64. The Morgan fingerprint density at radius 3 is 2.40 bits per heavy atom. The highest BCUT2D eigenvalue weighted by molar-refractivity contribution is 6.30. The van der Waals surface area contributed by atoms with E-state index in [1.165, 1.54) is 5.56 Å². The summed E-state index contributed by atoms with van der Waals surface area (Å²) in [5.41, 5.74) is 3.16. The van der Waals surface area contributed by atoms with Gasteiger partial charge in [-0.15, -0.1) is 0 Å². The summed E-state index contributed by atoms with van der Waals surface area (Å²) in [4.78, 5) is 12.1. The number of benzene rings is 2. The summed E-state index contributed by atoms with van der Waals surface area (Å²) in [7, 11) is 0. The lowest BCUT2D eigenvalue weighted by Gasteiger charge is -2.11. The summed E-state index contributed by atoms with van der Waals surface area (Å²) >= 11 is 5.89. The van der Waals surface area contributed by atoms with E-state index in [-0.39, 0.29) is 11.7 Å². The molecule has 0 radical (unpaired) electrons. The molecule has 1 nitrogen and oxygen atoms in total. The van der Waals surface area contributed by atoms with E-state index in [0.29, 0.717) is 11.4 Å². The smallest absolute Gasteiger partial charge is 0.159 e. The lowest BCUT2D eigenvalue weighted by Crippen LogP contribution is -2.00. The van der Waals surface area contributed by atoms with Crippen LogP contribution in [0.5, 0.6) is 0 Å². The molecule has 1 saturated carbocycles. The maximum Gasteiger partial charge on any atom is 0.159 e. The van der Waals surface area contributed by atoms with Crippen LogP contribution in [0.4, 0.5) is 0 Å². The summed E-state index contributed by atoms with van der Waals surface area (Å²) < 4.78 is 0. The minimum atomic E-state index is 0.222. The summed E-state index contributed by atoms with van der Waals surface area (Å²) in [6.45, 7) is 0. The fraction of sp³-hybridized carbons (Fsp3) is 0.167. The van der Waals surface area contributed by atoms with Gasteiger partial charge in [0.2, 0.25) is 0 Å². The summed E-state index contributed by atoms with van der Waals surface area (Å²) in [5, 5.41) is 0.713. The first kappa shape index (κ1) is 13.1. The number of carbonyl (C=O) groups is 1. The van der Waals surface area contributed by atoms with Crippen LogP contribution in [0.1, 0.15) is 29.9 Å². The molecule has 2 aromatic carbocycles. The van der Waals surface area contributed by atoms with Gasteiger partial charge in [0.15, 0.2) is 5.78 Å². The van der Waals surface area contributed by atoms with Crippen LogP contribution in [0.3, 0.4) is 0 Å². The predicted molar refractivity (Wildman–Crippen MR) is 82.9 cm³/mol. The van der Waals surface area contributed by atoms with E-state index in [9.17, 15) is 4.79 Å². The lowest BCUT2D eigenvalue weighted by molar-refractivity contribution is -0.114. The summed E-state index contributed by atoms with van der Waals surface area (Å²) in [6, 6.07) is 17.8. The number of rotatable bonds is 2. The van der Waals surface area contributed by atoms with E-state index < -0.39 is 0 Å². The van der Waals surface area contributed by atoms with Crippen molar-refractivity contribution < 1.29 is 4.79 Å². The molecule has 100 valence electrons. The van der Waals surface area contributed by atoms with Crippen LogP contribution in [0.25, 0.3) is 6.08 Å². The average Bonchev–Trinajstić information content (AvgIpc) is 2.84. The highest BCUT2D eigenvalue weighted by Gasteiger charge is 2.29. The number of hydrogen-bond acceptors (Lipinski definition) is 1. The lowest BCUT2D eigenvalue weighted by atomic mass is 9.92. The molecule has 0 aromatic heterocycles. The molecule has 0 amide bonds. The zero-order valence-electron chi connectivity index (χ0n) is 11.1. The third-order valence-electron chi connectivity index (χ3n) is 3.75. The van der Waals surface area contributed by atoms with Crippen molar-refractivity contribution in [2.24, 2.45) is 0 Å². The molecule has 1 fully saturated rings. The number of halogens is 1. The van der Waals surface area contributed by atoms with Gasteiger partial charge in [-0.2, -0.15) is 0 Å². The number of ketones is 1. The highest BCUT2D eigenvalue weighted by atomic mass is 35.5. The molecule has 2 aromatic rings. The van der Waals surface area contributed by atoms with Gasteiger partial charge in [-0.1, -0.05) is 54.1 Å². The van der Waals surface area contributed by atoms with Gasteiger partial charge in [-0.25, -0.2) is 0 Å². The van der Waals surface area contributed by atoms with E-state index in [1.54, 1.807) is 0 Å². The molecule has 3 rings (SSSR count). The van der Waals surface area contributed by atoms with Crippen molar-refractivity contribution in [3.05, 3.63) is 76.3 Å². The van der Waals surface area contributed by atoms with E-state index in [1.807, 2.05) is 48.5 Å². The second-order valence-electron chi connectivity index (χ2n) is 5.08. The minimum absolute atomic E-state index is 0.222. The molecule has 0 spiro atoms. The molecule has 0 unspecified atom stereocenters. The van der Waals surface area contributed by atoms with Gasteiger partial charge in [0.1, 0.15) is 0 Å². The topological polar surface area (TPSA) is 17.1 Å². The predicted octanol–water partition coefficient (Wildman–Crippen LogP) is 4.87. The Hall–Kier alpha value is -1.86. The van der Waals surface area contributed by atoms with Crippen LogP contribution in [0.2, 0.25) is 5.02 Å². The molecule has 0 saturated heterocycles. The van der Waals surface area contributed by atoms with Crippen molar-refractivity contribution in [1.29, 1.82) is 0 Å². The van der Waals surface area contributed by atoms with Gasteiger partial charge < -0.3 is 0 Å². The monoisotopic (exact) mass is 282 g/mol. The van der Waals surface area contributed by atoms with Gasteiger partial charge in [0.05, 0.1) is 0 Å². The second-order valence-corrected chi connectivity index (χ2v) is 5.51. The van der Waals surface area contributed by atoms with Crippen molar-refractivity contribution >= 4 is 23.5 Å². The fourth-order valence-corrected chi connectivity index (χ4v) is 2.85. The molecular weight excluding hydrogens is 268 g/mol. The van der Waals surface area contributed by atoms with Crippen molar-refractivity contribution in [1.82, 2.24) is 0 Å². The summed E-state index contributed by atoms with van der Waals surface area (Å²) in [6.07, 6.45) is 3.55. The van der Waals surface area contributed by atoms with Gasteiger partial charge in [-0.3, -0.25) is 4.79 Å². The molecule has 0 aliphatic heterocycles. The standard InChI is InChI=1S/C18H15ClO/c19-15-8-6-13(7-9-15)12-17-16(10-11-18(17)20)14-4-2-1-3-5-14/h1-9,12,16H,10-11H2/b17-12+/t16-/m1/s1. The van der Waals surface area contributed by atoms with Gasteiger partial charge >= 0.3 is 0 Å². The van der Waals surface area contributed by atoms with E-state index in [0.717, 1.165) is 17.6 Å². The maximum absolute atomic E-state index is 12.1. The quantitative estimate of drug-likeness (QED) is 0.718. The first-order valence-electron chi connectivity index (χ1n) is 6.79. The molecular formula is C18H15ClO. The molecule has 0 N–H and O–H groups in total. The van der Waals surface area contributed by atoms with Crippen molar-refractivity contribution in [3.63, 3.8) is 0 Å². The Labute approximate surface area is 123 Å². The van der Waals surface area contributed by atoms with Crippen LogP contribution in [-0.4, -0.2) is 5.78 Å². The minimum Gasteiger partial charge on any atom is -0.295 e. The van der Waals surface area contributed by atoms with Crippen molar-refractivity contribution in [2.75, 3.05) is 0 Å². The normalized spacial score (nSPS) is 20.6. The Morgan fingerprint density at radius 1 is 1.00 bits per heavy atom. The highest BCUT2D eigenvalue weighted by Crippen LogP contribution is 2.37. The van der Waals surface area contributed by atoms with E-state index in [2.05, 4.69) is 12.1 Å². The van der Waals surface area contributed by atoms with Crippen molar-refractivity contribution in [3.8, 4) is 0 Å². The van der Waals surface area contributed by atoms with Crippen LogP contribution in [0.15, 0.2) is 60.2 Å². The molecule has 2 heteroatoms. The number of hydrogen-bond donors (Lipinski definition) is 0. The molecule has 1 aliphatic carbocycles. The SMILES string of the molecule is O=C1CC[C@H](c2ccccc2)/C1=C\c1ccc(Cl)cc1. The van der Waals surface area contributed by atoms with Crippen LogP contribution in [-0.2, 0) is 4.79 Å². The molecule has 1 aliphatic rings. The number of Topliss-reactive ketones (excluding diaryl/α,β-unsaturated/α-hetero) is 1. The van der Waals surface area contributed by atoms with Crippen LogP contribution < -0.4 is 0 Å². The first-order chi connectivity index (χ1) is 9.74. The average molecular weight is 283 g/mol. The van der Waals surface area contributed by atoms with Gasteiger partial charge in [0.25, 0.3) is 0 Å².